The third-order valence-corrected chi connectivity index (χ3v) is 6.49. The summed E-state index contributed by atoms with van der Waals surface area (Å²) in [5.74, 6) is -1.66. The lowest BCUT2D eigenvalue weighted by molar-refractivity contribution is 0.0585. The average molecular weight is 422 g/mol. The van der Waals surface area contributed by atoms with Gasteiger partial charge in [-0.3, -0.25) is 0 Å². The average Bonchev–Trinajstić information content (AvgIpc) is 2.78. The summed E-state index contributed by atoms with van der Waals surface area (Å²) in [5, 5.41) is 8.68. The molecule has 2 bridgehead atoms. The van der Waals surface area contributed by atoms with E-state index in [1.165, 1.54) is 25.3 Å². The van der Waals surface area contributed by atoms with Crippen molar-refractivity contribution in [2.24, 2.45) is 0 Å². The number of rotatable bonds is 3. The van der Waals surface area contributed by atoms with Crippen molar-refractivity contribution in [3.8, 4) is 11.3 Å². The molecular formula is C23H20F2N4O2. The second-order valence-corrected chi connectivity index (χ2v) is 8.20. The normalized spacial score (nSPS) is 21.6. The minimum absolute atomic E-state index is 0.0131. The van der Waals surface area contributed by atoms with Gasteiger partial charge in [-0.1, -0.05) is 6.07 Å². The predicted octanol–water partition coefficient (Wildman–Crippen LogP) is 4.26. The molecule has 0 atom stereocenters. The third kappa shape index (κ3) is 3.00. The number of halogens is 2. The zero-order chi connectivity index (χ0) is 21.8. The van der Waals surface area contributed by atoms with E-state index in [9.17, 15) is 13.6 Å². The number of ether oxygens (including phenoxy) is 1. The van der Waals surface area contributed by atoms with E-state index in [1.54, 1.807) is 13.0 Å². The molecular weight excluding hydrogens is 402 g/mol. The molecule has 6 rings (SSSR count). The molecule has 2 aromatic heterocycles. The van der Waals surface area contributed by atoms with Gasteiger partial charge in [-0.05, 0) is 68.4 Å². The van der Waals surface area contributed by atoms with E-state index in [2.05, 4.69) is 20.2 Å². The van der Waals surface area contributed by atoms with Crippen molar-refractivity contribution in [2.45, 2.75) is 43.9 Å². The Labute approximate surface area is 177 Å². The molecule has 31 heavy (non-hydrogen) atoms. The summed E-state index contributed by atoms with van der Waals surface area (Å²) in [4.78, 5) is 20.8. The molecule has 6 nitrogen and oxygen atoms in total. The summed E-state index contributed by atoms with van der Waals surface area (Å²) in [7, 11) is 1.29. The van der Waals surface area contributed by atoms with Crippen molar-refractivity contribution in [1.29, 1.82) is 0 Å². The zero-order valence-corrected chi connectivity index (χ0v) is 17.2. The van der Waals surface area contributed by atoms with Crippen LogP contribution in [0, 0.1) is 18.6 Å². The first-order valence-corrected chi connectivity index (χ1v) is 10.2. The van der Waals surface area contributed by atoms with Gasteiger partial charge < -0.3 is 4.74 Å². The molecule has 2 heterocycles. The SMILES string of the molecule is COC(=O)c1nc(C)cc(C23CCC(CC2)c2cc(-c4c(F)cccc4F)nnc23)n1. The van der Waals surface area contributed by atoms with Gasteiger partial charge in [0.05, 0.1) is 35.2 Å². The number of methoxy groups -OCH3 is 1. The van der Waals surface area contributed by atoms with E-state index < -0.39 is 23.0 Å². The Bertz CT molecular complexity index is 1190. The number of carbonyl (C=O) groups is 1. The highest BCUT2D eigenvalue weighted by molar-refractivity contribution is 5.85. The third-order valence-electron chi connectivity index (χ3n) is 6.49. The maximum Gasteiger partial charge on any atom is 0.376 e. The van der Waals surface area contributed by atoms with Crippen LogP contribution in [0.25, 0.3) is 11.3 Å². The van der Waals surface area contributed by atoms with Gasteiger partial charge in [0.2, 0.25) is 5.82 Å². The molecule has 0 saturated heterocycles. The summed E-state index contributed by atoms with van der Waals surface area (Å²) < 4.78 is 33.5. The van der Waals surface area contributed by atoms with Crippen LogP contribution in [0.4, 0.5) is 8.78 Å². The van der Waals surface area contributed by atoms with Crippen LogP contribution in [-0.2, 0) is 10.2 Å². The molecule has 8 heteroatoms. The zero-order valence-electron chi connectivity index (χ0n) is 17.2. The number of fused-ring (bicyclic) bond motifs is 2. The first-order chi connectivity index (χ1) is 14.9. The Balaban J connectivity index is 1.67. The molecule has 3 aliphatic carbocycles. The minimum atomic E-state index is -0.668. The number of esters is 1. The number of hydrogen-bond acceptors (Lipinski definition) is 6. The van der Waals surface area contributed by atoms with Crippen molar-refractivity contribution in [3.63, 3.8) is 0 Å². The molecule has 158 valence electrons. The molecule has 0 aliphatic heterocycles. The number of nitrogens with zero attached hydrogens (tertiary/aromatic N) is 4. The fraction of sp³-hybridized carbons (Fsp3) is 0.348. The topological polar surface area (TPSA) is 77.9 Å². The maximum atomic E-state index is 14.3. The van der Waals surface area contributed by atoms with Gasteiger partial charge in [-0.25, -0.2) is 23.5 Å². The van der Waals surface area contributed by atoms with Crippen molar-refractivity contribution in [3.05, 3.63) is 70.4 Å². The van der Waals surface area contributed by atoms with Crippen LogP contribution in [0.5, 0.6) is 0 Å². The molecule has 3 aromatic rings. The second kappa shape index (κ2) is 7.14. The smallest absolute Gasteiger partial charge is 0.376 e. The van der Waals surface area contributed by atoms with Gasteiger partial charge in [0.1, 0.15) is 11.6 Å². The highest BCUT2D eigenvalue weighted by atomic mass is 19.1. The highest BCUT2D eigenvalue weighted by Crippen LogP contribution is 2.55. The fourth-order valence-electron chi connectivity index (χ4n) is 4.99. The monoisotopic (exact) mass is 422 g/mol. The van der Waals surface area contributed by atoms with E-state index >= 15 is 0 Å². The Morgan fingerprint density at radius 2 is 1.81 bits per heavy atom. The van der Waals surface area contributed by atoms with Crippen LogP contribution in [0.1, 0.15) is 64.9 Å². The Morgan fingerprint density at radius 3 is 2.48 bits per heavy atom. The number of hydrogen-bond donors (Lipinski definition) is 0. The summed E-state index contributed by atoms with van der Waals surface area (Å²) in [6.45, 7) is 1.80. The Kier molecular flexibility index (Phi) is 4.53. The number of carbonyl (C=O) groups excluding carboxylic acids is 1. The maximum absolute atomic E-state index is 14.3. The van der Waals surface area contributed by atoms with Crippen molar-refractivity contribution >= 4 is 5.97 Å². The number of aryl methyl sites for hydroxylation is 1. The van der Waals surface area contributed by atoms with Crippen LogP contribution in [0.3, 0.4) is 0 Å². The molecule has 3 aliphatic rings. The molecule has 0 unspecified atom stereocenters. The van der Waals surface area contributed by atoms with Crippen LogP contribution in [-0.4, -0.2) is 33.2 Å². The first kappa shape index (κ1) is 19.7. The summed E-state index contributed by atoms with van der Waals surface area (Å²) >= 11 is 0. The molecule has 0 spiro atoms. The minimum Gasteiger partial charge on any atom is -0.463 e. The van der Waals surface area contributed by atoms with Crippen LogP contribution in [0.15, 0.2) is 30.3 Å². The number of benzene rings is 1. The van der Waals surface area contributed by atoms with Gasteiger partial charge in [-0.2, -0.15) is 5.10 Å². The molecule has 0 amide bonds. The van der Waals surface area contributed by atoms with E-state index in [1.807, 2.05) is 6.07 Å². The summed E-state index contributed by atoms with van der Waals surface area (Å²) in [6.07, 6.45) is 3.41. The van der Waals surface area contributed by atoms with Gasteiger partial charge in [-0.15, -0.1) is 5.10 Å². The molecule has 0 radical (unpaired) electrons. The first-order valence-electron chi connectivity index (χ1n) is 10.2. The molecule has 1 fully saturated rings. The van der Waals surface area contributed by atoms with Crippen molar-refractivity contribution in [1.82, 2.24) is 20.2 Å². The van der Waals surface area contributed by atoms with Gasteiger partial charge in [0.15, 0.2) is 0 Å². The number of aromatic nitrogens is 4. The van der Waals surface area contributed by atoms with Crippen molar-refractivity contribution < 1.29 is 18.3 Å². The lowest BCUT2D eigenvalue weighted by Crippen LogP contribution is -2.41. The van der Waals surface area contributed by atoms with Crippen molar-refractivity contribution in [2.75, 3.05) is 7.11 Å². The quantitative estimate of drug-likeness (QED) is 0.587. The van der Waals surface area contributed by atoms with Crippen LogP contribution >= 0.6 is 0 Å². The van der Waals surface area contributed by atoms with E-state index in [0.29, 0.717) is 11.4 Å². The van der Waals surface area contributed by atoms with E-state index in [-0.39, 0.29) is 23.0 Å². The predicted molar refractivity (Wildman–Crippen MR) is 107 cm³/mol. The second-order valence-electron chi connectivity index (χ2n) is 8.20. The van der Waals surface area contributed by atoms with Crippen LogP contribution < -0.4 is 0 Å². The lowest BCUT2D eigenvalue weighted by Gasteiger charge is -2.46. The highest BCUT2D eigenvalue weighted by Gasteiger charge is 2.49. The summed E-state index contributed by atoms with van der Waals surface area (Å²) in [5.41, 5.74) is 2.58. The Hall–Kier alpha value is -3.29. The lowest BCUT2D eigenvalue weighted by atomic mass is 9.58. The summed E-state index contributed by atoms with van der Waals surface area (Å²) in [6, 6.07) is 7.38. The van der Waals surface area contributed by atoms with Gasteiger partial charge in [0, 0.05) is 5.69 Å². The largest absolute Gasteiger partial charge is 0.463 e. The Morgan fingerprint density at radius 1 is 1.10 bits per heavy atom. The fourth-order valence-corrected chi connectivity index (χ4v) is 4.99. The van der Waals surface area contributed by atoms with E-state index in [0.717, 1.165) is 36.9 Å². The standard InChI is InChI=1S/C23H20F2N4O2/c1-12-10-18(27-21(26-12)22(30)31-2)23-8-6-13(7-9-23)14-11-17(28-29-20(14)23)19-15(24)4-3-5-16(19)25/h3-5,10-11,13H,6-9H2,1-2H3. The van der Waals surface area contributed by atoms with Gasteiger partial charge >= 0.3 is 5.97 Å². The molecule has 1 aromatic carbocycles. The molecule has 0 N–H and O–H groups in total. The van der Waals surface area contributed by atoms with Gasteiger partial charge in [0.25, 0.3) is 0 Å². The molecule has 1 saturated carbocycles. The van der Waals surface area contributed by atoms with E-state index in [4.69, 9.17) is 4.74 Å². The van der Waals surface area contributed by atoms with Crippen LogP contribution in [0.2, 0.25) is 0 Å².